The second kappa shape index (κ2) is 13.5. The smallest absolute Gasteiger partial charge is 0.459 e. The van der Waals surface area contributed by atoms with E-state index in [1.807, 2.05) is 57.2 Å². The number of nitrogens with zero attached hydrogens (tertiary/aromatic N) is 4. The van der Waals surface area contributed by atoms with Gasteiger partial charge in [0.15, 0.2) is 5.00 Å². The Morgan fingerprint density at radius 2 is 1.71 bits per heavy atom. The molecule has 0 fully saturated rings. The van der Waals surface area contributed by atoms with Gasteiger partial charge in [0, 0.05) is 22.4 Å². The highest BCUT2D eigenvalue weighted by molar-refractivity contribution is 7.17. The number of anilines is 2. The average Bonchev–Trinajstić information content (AvgIpc) is 3.51. The number of fused-ring (bicyclic) bond motifs is 4. The van der Waals surface area contributed by atoms with E-state index in [0.717, 1.165) is 38.6 Å². The number of ether oxygens (including phenoxy) is 1. The molecule has 3 aromatic carbocycles. The fraction of sp³-hybridized carbons (Fsp3) is 0.229. The summed E-state index contributed by atoms with van der Waals surface area (Å²) in [5.74, 6) is 0.289. The molecule has 0 saturated carbocycles. The van der Waals surface area contributed by atoms with Gasteiger partial charge < -0.3 is 9.57 Å². The molecular formula is C35H34ClN4O4S+. The van der Waals surface area contributed by atoms with Gasteiger partial charge in [-0.05, 0) is 54.3 Å². The first-order valence-electron chi connectivity index (χ1n) is 14.7. The lowest BCUT2D eigenvalue weighted by Gasteiger charge is -2.30. The Labute approximate surface area is 271 Å². The van der Waals surface area contributed by atoms with Crippen molar-refractivity contribution in [3.8, 4) is 11.1 Å². The lowest BCUT2D eigenvalue weighted by Crippen LogP contribution is -2.55. The molecule has 0 N–H and O–H groups in total. The third kappa shape index (κ3) is 6.15. The number of guanidine groups is 1. The number of benzene rings is 3. The van der Waals surface area contributed by atoms with Gasteiger partial charge in [0.05, 0.1) is 19.4 Å². The maximum atomic E-state index is 13.9. The van der Waals surface area contributed by atoms with E-state index in [9.17, 15) is 9.59 Å². The Morgan fingerprint density at radius 1 is 0.978 bits per heavy atom. The van der Waals surface area contributed by atoms with Crippen LogP contribution in [0.5, 0.6) is 0 Å². The predicted octanol–water partition coefficient (Wildman–Crippen LogP) is 7.44. The number of amides is 1. The first-order chi connectivity index (χ1) is 21.8. The normalized spacial score (nSPS) is 13.5. The number of oxime groups is 1. The minimum atomic E-state index is -0.468. The Balaban J connectivity index is 0.00000196. The molecule has 45 heavy (non-hydrogen) atoms. The van der Waals surface area contributed by atoms with Crippen molar-refractivity contribution in [3.05, 3.63) is 105 Å². The second-order valence-corrected chi connectivity index (χ2v) is 11.6. The van der Waals surface area contributed by atoms with E-state index < -0.39 is 5.97 Å². The molecule has 230 valence electrons. The molecule has 0 atom stereocenters. The van der Waals surface area contributed by atoms with Crippen molar-refractivity contribution in [2.75, 3.05) is 16.9 Å². The van der Waals surface area contributed by atoms with Gasteiger partial charge in [-0.2, -0.15) is 4.67 Å². The molecule has 2 aliphatic heterocycles. The third-order valence-electron chi connectivity index (χ3n) is 7.29. The minimum Gasteiger partial charge on any atom is -0.459 e. The van der Waals surface area contributed by atoms with E-state index in [1.165, 1.54) is 6.92 Å². The summed E-state index contributed by atoms with van der Waals surface area (Å²) in [5, 5.41) is 5.37. The van der Waals surface area contributed by atoms with Gasteiger partial charge in [-0.1, -0.05) is 86.1 Å². The Hall–Kier alpha value is -4.69. The van der Waals surface area contributed by atoms with E-state index >= 15 is 0 Å². The molecule has 0 bridgehead atoms. The van der Waals surface area contributed by atoms with Gasteiger partial charge in [-0.15, -0.1) is 16.2 Å². The summed E-state index contributed by atoms with van der Waals surface area (Å²) in [6.07, 6.45) is 0.821. The van der Waals surface area contributed by atoms with Crippen LogP contribution in [-0.2, 0) is 27.3 Å². The largest absolute Gasteiger partial charge is 0.465 e. The van der Waals surface area contributed by atoms with Gasteiger partial charge >= 0.3 is 23.7 Å². The molecule has 4 aromatic rings. The first kappa shape index (κ1) is 31.7. The highest BCUT2D eigenvalue weighted by Crippen LogP contribution is 2.41. The van der Waals surface area contributed by atoms with Crippen molar-refractivity contribution in [1.29, 1.82) is 0 Å². The number of thiophene rings is 1. The minimum absolute atomic E-state index is 0.127. The molecule has 0 unspecified atom stereocenters. The number of halogens is 1. The summed E-state index contributed by atoms with van der Waals surface area (Å²) in [6, 6.07) is 23.4. The van der Waals surface area contributed by atoms with Crippen LogP contribution >= 0.6 is 22.9 Å². The van der Waals surface area contributed by atoms with Gasteiger partial charge in [-0.3, -0.25) is 0 Å². The second-order valence-electron chi connectivity index (χ2n) is 10.1. The van der Waals surface area contributed by atoms with Gasteiger partial charge in [-0.25, -0.2) is 14.5 Å². The van der Waals surface area contributed by atoms with Crippen LogP contribution in [0.4, 0.5) is 10.7 Å². The molecule has 3 heterocycles. The van der Waals surface area contributed by atoms with Crippen molar-refractivity contribution in [3.63, 3.8) is 0 Å². The summed E-state index contributed by atoms with van der Waals surface area (Å²) < 4.78 is 10.5. The number of carbonyl (C=O) groups is 2. The SMILES string of the molecule is CC.CCc1cc2c(s1)N(Cc1ccc(-c3ccccc3/C(C)=N/OC(C)=O)cc1)C1=[N+]=C(OC)c3cc(Cl)ccc3N1C2=O. The first-order valence-corrected chi connectivity index (χ1v) is 15.9. The molecule has 2 aliphatic rings. The van der Waals surface area contributed by atoms with Crippen LogP contribution in [0.25, 0.3) is 11.1 Å². The Kier molecular flexibility index (Phi) is 9.54. The summed E-state index contributed by atoms with van der Waals surface area (Å²) in [4.78, 5) is 34.9. The quantitative estimate of drug-likeness (QED) is 0.0945. The maximum Gasteiger partial charge on any atom is 0.465 e. The van der Waals surface area contributed by atoms with E-state index in [2.05, 4.69) is 41.2 Å². The number of aryl methyl sites for hydroxylation is 1. The lowest BCUT2D eigenvalue weighted by molar-refractivity contribution is -0.140. The number of carbonyl (C=O) groups excluding carboxylic acids is 2. The van der Waals surface area contributed by atoms with E-state index in [1.54, 1.807) is 35.5 Å². The zero-order valence-corrected chi connectivity index (χ0v) is 27.6. The average molecular weight is 642 g/mol. The van der Waals surface area contributed by atoms with Crippen LogP contribution in [0.2, 0.25) is 5.02 Å². The molecule has 0 radical (unpaired) electrons. The zero-order chi connectivity index (χ0) is 32.2. The molecule has 1 amide bonds. The van der Waals surface area contributed by atoms with Crippen LogP contribution in [-0.4, -0.2) is 36.6 Å². The van der Waals surface area contributed by atoms with E-state index in [0.29, 0.717) is 46.0 Å². The predicted molar refractivity (Wildman–Crippen MR) is 184 cm³/mol. The standard InChI is InChI=1S/C33H28ClN4O4S.C2H6/c1-5-24-17-28-31(40)38-29-15-14-23(34)16-27(29)30(41-4)35-33(38)37(32(28)43-24)18-21-10-12-22(13-11-21)26-9-7-6-8-25(26)19(2)36-42-20(3)39;1-2/h6-17H,5,18H2,1-4H3;1-2H3/q+1;/b36-19+;. The Morgan fingerprint density at radius 3 is 2.40 bits per heavy atom. The fourth-order valence-electron chi connectivity index (χ4n) is 5.24. The van der Waals surface area contributed by atoms with E-state index in [4.69, 9.17) is 25.8 Å². The summed E-state index contributed by atoms with van der Waals surface area (Å²) in [7, 11) is 1.57. The van der Waals surface area contributed by atoms with Crippen LogP contribution in [0.1, 0.15) is 66.5 Å². The third-order valence-corrected chi connectivity index (χ3v) is 8.83. The van der Waals surface area contributed by atoms with Crippen LogP contribution < -0.4 is 14.5 Å². The van der Waals surface area contributed by atoms with Crippen LogP contribution in [0.3, 0.4) is 0 Å². The highest BCUT2D eigenvalue weighted by Gasteiger charge is 2.49. The van der Waals surface area contributed by atoms with Crippen molar-refractivity contribution >= 4 is 63.1 Å². The topological polar surface area (TPSA) is 85.5 Å². The number of hydrogen-bond acceptors (Lipinski definition) is 7. The van der Waals surface area contributed by atoms with Crippen LogP contribution in [0.15, 0.2) is 78.0 Å². The molecule has 10 heteroatoms. The number of hydrogen-bond donors (Lipinski definition) is 0. The molecule has 0 spiro atoms. The van der Waals surface area contributed by atoms with Gasteiger partial charge in [0.25, 0.3) is 0 Å². The lowest BCUT2D eigenvalue weighted by atomic mass is 9.96. The fourth-order valence-corrected chi connectivity index (χ4v) is 6.49. The molecule has 8 nitrogen and oxygen atoms in total. The summed E-state index contributed by atoms with van der Waals surface area (Å²) >= 11 is 7.91. The molecule has 6 rings (SSSR count). The maximum absolute atomic E-state index is 13.9. The highest BCUT2D eigenvalue weighted by atomic mass is 35.5. The molecule has 0 aliphatic carbocycles. The van der Waals surface area contributed by atoms with Crippen molar-refractivity contribution in [2.24, 2.45) is 5.16 Å². The molecule has 1 aromatic heterocycles. The summed E-state index contributed by atoms with van der Waals surface area (Å²) in [5.41, 5.74) is 6.45. The Bertz CT molecular complexity index is 1870. The number of methoxy groups -OCH3 is 1. The molecule has 0 saturated heterocycles. The van der Waals surface area contributed by atoms with Crippen LogP contribution in [0, 0.1) is 0 Å². The van der Waals surface area contributed by atoms with Crippen molar-refractivity contribution < 1.29 is 19.2 Å². The zero-order valence-electron chi connectivity index (χ0n) is 26.1. The van der Waals surface area contributed by atoms with Gasteiger partial charge in [0.1, 0.15) is 16.8 Å². The van der Waals surface area contributed by atoms with Crippen molar-refractivity contribution in [2.45, 2.75) is 47.6 Å². The monoisotopic (exact) mass is 641 g/mol. The number of rotatable bonds is 6. The van der Waals surface area contributed by atoms with Gasteiger partial charge in [0.2, 0.25) is 0 Å². The summed E-state index contributed by atoms with van der Waals surface area (Å²) in [6.45, 7) is 9.70. The molecular weight excluding hydrogens is 608 g/mol. The van der Waals surface area contributed by atoms with Crippen molar-refractivity contribution in [1.82, 2.24) is 4.67 Å². The van der Waals surface area contributed by atoms with E-state index in [-0.39, 0.29) is 5.91 Å².